The summed E-state index contributed by atoms with van der Waals surface area (Å²) < 4.78 is 0. The first-order valence-electron chi connectivity index (χ1n) is 6.27. The molecule has 3 heteroatoms. The van der Waals surface area contributed by atoms with Crippen LogP contribution in [0.1, 0.15) is 31.2 Å². The Kier molecular flexibility index (Phi) is 4.15. The lowest BCUT2D eigenvalue weighted by molar-refractivity contribution is -0.141. The number of hydrogen-bond donors (Lipinski definition) is 2. The average molecular weight is 233 g/mol. The van der Waals surface area contributed by atoms with Gasteiger partial charge in [0.2, 0.25) is 0 Å². The van der Waals surface area contributed by atoms with E-state index in [1.165, 1.54) is 12.8 Å². The molecule has 1 aliphatic carbocycles. The molecule has 1 saturated carbocycles. The van der Waals surface area contributed by atoms with Crippen molar-refractivity contribution in [3.8, 4) is 0 Å². The number of carbonyl (C=O) groups is 1. The van der Waals surface area contributed by atoms with Gasteiger partial charge in [0.15, 0.2) is 0 Å². The summed E-state index contributed by atoms with van der Waals surface area (Å²) in [5, 5.41) is 12.4. The topological polar surface area (TPSA) is 49.3 Å². The Balaban J connectivity index is 1.92. The predicted octanol–water partition coefficient (Wildman–Crippen LogP) is 2.42. The van der Waals surface area contributed by atoms with E-state index in [0.29, 0.717) is 12.5 Å². The normalized spacial score (nSPS) is 18.1. The Hall–Kier alpha value is -1.35. The molecule has 0 unspecified atom stereocenters. The fraction of sp³-hybridized carbons (Fsp3) is 0.500. The number of benzene rings is 1. The van der Waals surface area contributed by atoms with Gasteiger partial charge in [-0.2, -0.15) is 0 Å². The molecule has 1 aromatic carbocycles. The van der Waals surface area contributed by atoms with Crippen molar-refractivity contribution in [3.05, 3.63) is 35.9 Å². The molecule has 1 fully saturated rings. The number of nitrogens with one attached hydrogen (secondary N) is 1. The van der Waals surface area contributed by atoms with Crippen LogP contribution in [0.3, 0.4) is 0 Å². The zero-order valence-corrected chi connectivity index (χ0v) is 9.93. The standard InChI is InChI=1S/C14H19NO2/c16-14(17)13(12-8-4-5-9-12)15-10-11-6-2-1-3-7-11/h1-3,6-7,12-13,15H,4-5,8-10H2,(H,16,17)/t13-/m0/s1. The molecule has 1 aromatic rings. The molecule has 0 aromatic heterocycles. The second kappa shape index (κ2) is 5.82. The van der Waals surface area contributed by atoms with Crippen molar-refractivity contribution in [2.24, 2.45) is 5.92 Å². The van der Waals surface area contributed by atoms with Gasteiger partial charge >= 0.3 is 5.97 Å². The third-order valence-corrected chi connectivity index (χ3v) is 3.51. The van der Waals surface area contributed by atoms with Crippen LogP contribution in [0.5, 0.6) is 0 Å². The minimum Gasteiger partial charge on any atom is -0.480 e. The van der Waals surface area contributed by atoms with Gasteiger partial charge < -0.3 is 10.4 Å². The van der Waals surface area contributed by atoms with E-state index in [2.05, 4.69) is 5.32 Å². The van der Waals surface area contributed by atoms with E-state index in [9.17, 15) is 9.90 Å². The van der Waals surface area contributed by atoms with Crippen LogP contribution in [0.2, 0.25) is 0 Å². The van der Waals surface area contributed by atoms with E-state index in [1.54, 1.807) is 0 Å². The summed E-state index contributed by atoms with van der Waals surface area (Å²) in [6, 6.07) is 9.55. The van der Waals surface area contributed by atoms with Crippen molar-refractivity contribution in [1.82, 2.24) is 5.32 Å². The van der Waals surface area contributed by atoms with E-state index < -0.39 is 12.0 Å². The number of carboxylic acid groups (broad SMARTS) is 1. The molecular formula is C14H19NO2. The molecule has 0 saturated heterocycles. The zero-order chi connectivity index (χ0) is 12.1. The molecular weight excluding hydrogens is 214 g/mol. The van der Waals surface area contributed by atoms with Gasteiger partial charge in [-0.15, -0.1) is 0 Å². The minimum absolute atomic E-state index is 0.302. The van der Waals surface area contributed by atoms with Crippen molar-refractivity contribution in [3.63, 3.8) is 0 Å². The van der Waals surface area contributed by atoms with Crippen LogP contribution in [-0.4, -0.2) is 17.1 Å². The fourth-order valence-electron chi connectivity index (χ4n) is 2.57. The van der Waals surface area contributed by atoms with Crippen LogP contribution in [-0.2, 0) is 11.3 Å². The molecule has 92 valence electrons. The lowest BCUT2D eigenvalue weighted by atomic mass is 9.98. The third-order valence-electron chi connectivity index (χ3n) is 3.51. The molecule has 1 aliphatic rings. The maximum Gasteiger partial charge on any atom is 0.320 e. The van der Waals surface area contributed by atoms with Crippen molar-refractivity contribution in [2.45, 2.75) is 38.3 Å². The Morgan fingerprint density at radius 3 is 2.53 bits per heavy atom. The van der Waals surface area contributed by atoms with Gasteiger partial charge in [0.25, 0.3) is 0 Å². The third kappa shape index (κ3) is 3.30. The smallest absolute Gasteiger partial charge is 0.320 e. The highest BCUT2D eigenvalue weighted by atomic mass is 16.4. The van der Waals surface area contributed by atoms with Gasteiger partial charge in [0.1, 0.15) is 6.04 Å². The van der Waals surface area contributed by atoms with Crippen LogP contribution in [0.25, 0.3) is 0 Å². The summed E-state index contributed by atoms with van der Waals surface area (Å²) in [4.78, 5) is 11.2. The number of aliphatic carboxylic acids is 1. The first kappa shape index (κ1) is 12.1. The van der Waals surface area contributed by atoms with Crippen LogP contribution in [0.4, 0.5) is 0 Å². The SMILES string of the molecule is O=C(O)[C@@H](NCc1ccccc1)C1CCCC1. The molecule has 0 heterocycles. The van der Waals surface area contributed by atoms with Gasteiger partial charge in [-0.1, -0.05) is 43.2 Å². The highest BCUT2D eigenvalue weighted by Crippen LogP contribution is 2.28. The molecule has 0 aliphatic heterocycles. The van der Waals surface area contributed by atoms with E-state index in [-0.39, 0.29) is 0 Å². The summed E-state index contributed by atoms with van der Waals surface area (Å²) >= 11 is 0. The van der Waals surface area contributed by atoms with Crippen molar-refractivity contribution in [1.29, 1.82) is 0 Å². The first-order valence-corrected chi connectivity index (χ1v) is 6.27. The quantitative estimate of drug-likeness (QED) is 0.821. The molecule has 17 heavy (non-hydrogen) atoms. The maximum atomic E-state index is 11.2. The Bertz CT molecular complexity index is 358. The van der Waals surface area contributed by atoms with Gasteiger partial charge in [-0.3, -0.25) is 4.79 Å². The van der Waals surface area contributed by atoms with E-state index in [0.717, 1.165) is 18.4 Å². The molecule has 0 bridgehead atoms. The summed E-state index contributed by atoms with van der Waals surface area (Å²) in [5.41, 5.74) is 1.14. The fourth-order valence-corrected chi connectivity index (χ4v) is 2.57. The van der Waals surface area contributed by atoms with Gasteiger partial charge in [0, 0.05) is 6.54 Å². The largest absolute Gasteiger partial charge is 0.480 e. The lowest BCUT2D eigenvalue weighted by Gasteiger charge is -2.20. The average Bonchev–Trinajstić information content (AvgIpc) is 2.84. The zero-order valence-electron chi connectivity index (χ0n) is 9.93. The summed E-state index contributed by atoms with van der Waals surface area (Å²) in [6.45, 7) is 0.633. The molecule has 0 amide bonds. The number of hydrogen-bond acceptors (Lipinski definition) is 2. The molecule has 3 nitrogen and oxygen atoms in total. The Morgan fingerprint density at radius 2 is 1.94 bits per heavy atom. The molecule has 2 rings (SSSR count). The molecule has 1 atom stereocenters. The van der Waals surface area contributed by atoms with E-state index in [1.807, 2.05) is 30.3 Å². The van der Waals surface area contributed by atoms with Crippen molar-refractivity contribution in [2.75, 3.05) is 0 Å². The van der Waals surface area contributed by atoms with Crippen LogP contribution >= 0.6 is 0 Å². The second-order valence-electron chi connectivity index (χ2n) is 4.73. The lowest BCUT2D eigenvalue weighted by Crippen LogP contribution is -2.41. The van der Waals surface area contributed by atoms with Gasteiger partial charge in [0.05, 0.1) is 0 Å². The predicted molar refractivity (Wildman–Crippen MR) is 66.7 cm³/mol. The monoisotopic (exact) mass is 233 g/mol. The van der Waals surface area contributed by atoms with Crippen LogP contribution in [0, 0.1) is 5.92 Å². The summed E-state index contributed by atoms with van der Waals surface area (Å²) in [5.74, 6) is -0.413. The highest BCUT2D eigenvalue weighted by molar-refractivity contribution is 5.73. The van der Waals surface area contributed by atoms with Crippen LogP contribution < -0.4 is 5.32 Å². The van der Waals surface area contributed by atoms with Crippen molar-refractivity contribution >= 4 is 5.97 Å². The molecule has 0 spiro atoms. The van der Waals surface area contributed by atoms with E-state index in [4.69, 9.17) is 0 Å². The van der Waals surface area contributed by atoms with E-state index >= 15 is 0 Å². The van der Waals surface area contributed by atoms with Crippen molar-refractivity contribution < 1.29 is 9.90 Å². The first-order chi connectivity index (χ1) is 8.27. The Morgan fingerprint density at radius 1 is 1.29 bits per heavy atom. The number of rotatable bonds is 5. The highest BCUT2D eigenvalue weighted by Gasteiger charge is 2.29. The minimum atomic E-state index is -0.715. The summed E-state index contributed by atoms with van der Waals surface area (Å²) in [7, 11) is 0. The summed E-state index contributed by atoms with van der Waals surface area (Å²) in [6.07, 6.45) is 4.42. The van der Waals surface area contributed by atoms with Gasteiger partial charge in [-0.25, -0.2) is 0 Å². The van der Waals surface area contributed by atoms with Gasteiger partial charge in [-0.05, 0) is 24.3 Å². The second-order valence-corrected chi connectivity index (χ2v) is 4.73. The van der Waals surface area contributed by atoms with Crippen LogP contribution in [0.15, 0.2) is 30.3 Å². The molecule has 0 radical (unpaired) electrons. The molecule has 2 N–H and O–H groups in total. The number of carboxylic acids is 1. The Labute approximate surface area is 102 Å². The maximum absolute atomic E-state index is 11.2.